The molecule has 2 aliphatic rings. The van der Waals surface area contributed by atoms with E-state index in [2.05, 4.69) is 10.6 Å². The van der Waals surface area contributed by atoms with E-state index in [0.29, 0.717) is 36.2 Å². The Bertz CT molecular complexity index is 936. The van der Waals surface area contributed by atoms with E-state index in [0.717, 1.165) is 18.4 Å². The number of hydrogen-bond acceptors (Lipinski definition) is 4. The molecule has 0 spiro atoms. The smallest absolute Gasteiger partial charge is 0.338 e. The highest BCUT2D eigenvalue weighted by molar-refractivity contribution is 5.95. The largest absolute Gasteiger partial charge is 0.467 e. The zero-order chi connectivity index (χ0) is 21.1. The predicted molar refractivity (Wildman–Crippen MR) is 106 cm³/mol. The zero-order valence-electron chi connectivity index (χ0n) is 16.7. The van der Waals surface area contributed by atoms with Crippen molar-refractivity contribution in [3.05, 3.63) is 71.1 Å². The van der Waals surface area contributed by atoms with E-state index < -0.39 is 18.0 Å². The zero-order valence-corrected chi connectivity index (χ0v) is 16.7. The maximum atomic E-state index is 13.3. The summed E-state index contributed by atoms with van der Waals surface area (Å²) in [5, 5.41) is 5.57. The number of rotatable bonds is 8. The summed E-state index contributed by atoms with van der Waals surface area (Å²) in [6.07, 6.45) is 3.65. The van der Waals surface area contributed by atoms with E-state index >= 15 is 0 Å². The van der Waals surface area contributed by atoms with Crippen LogP contribution in [-0.4, -0.2) is 31.2 Å². The number of urea groups is 1. The van der Waals surface area contributed by atoms with Gasteiger partial charge in [-0.05, 0) is 31.2 Å². The standard InChI is InChI=1S/C22H24FN3O4/c1-2-29-21(27)19-17(24-22(28)25-20(19)18-4-3-11-30-18)13-26(16-9-10-16)12-14-5-7-15(23)8-6-14/h3-8,11,16,20H,2,9-10,12-13H2,1H3,(H2,24,25,28)/p+1/t20-/m1/s1. The topological polar surface area (TPSA) is 85.0 Å². The van der Waals surface area contributed by atoms with Gasteiger partial charge in [-0.1, -0.05) is 12.1 Å². The second-order valence-electron chi connectivity index (χ2n) is 7.57. The maximum absolute atomic E-state index is 13.3. The molecule has 2 aromatic rings. The molecule has 1 aliphatic heterocycles. The lowest BCUT2D eigenvalue weighted by atomic mass is 9.99. The third-order valence-electron chi connectivity index (χ3n) is 5.38. The van der Waals surface area contributed by atoms with E-state index in [1.54, 1.807) is 31.2 Å². The van der Waals surface area contributed by atoms with E-state index in [-0.39, 0.29) is 12.4 Å². The summed E-state index contributed by atoms with van der Waals surface area (Å²) < 4.78 is 24.0. The van der Waals surface area contributed by atoms with Crippen molar-refractivity contribution in [2.24, 2.45) is 0 Å². The van der Waals surface area contributed by atoms with E-state index in [4.69, 9.17) is 9.15 Å². The van der Waals surface area contributed by atoms with E-state index in [1.165, 1.54) is 23.3 Å². The first-order valence-electron chi connectivity index (χ1n) is 10.1. The van der Waals surface area contributed by atoms with Crippen LogP contribution in [0.5, 0.6) is 0 Å². The number of carbonyl (C=O) groups is 2. The first-order valence-corrected chi connectivity index (χ1v) is 10.1. The fraction of sp³-hybridized carbons (Fsp3) is 0.364. The van der Waals surface area contributed by atoms with Crippen molar-refractivity contribution in [3.8, 4) is 0 Å². The third kappa shape index (κ3) is 4.54. The van der Waals surface area contributed by atoms with Crippen molar-refractivity contribution in [2.45, 2.75) is 38.4 Å². The quantitative estimate of drug-likeness (QED) is 0.576. The highest BCUT2D eigenvalue weighted by Gasteiger charge is 2.39. The molecule has 3 N–H and O–H groups in total. The molecule has 2 heterocycles. The molecule has 7 nitrogen and oxygen atoms in total. The summed E-state index contributed by atoms with van der Waals surface area (Å²) in [7, 11) is 0. The summed E-state index contributed by atoms with van der Waals surface area (Å²) in [6.45, 7) is 3.08. The van der Waals surface area contributed by atoms with Crippen LogP contribution in [0.2, 0.25) is 0 Å². The lowest BCUT2D eigenvalue weighted by molar-refractivity contribution is -0.920. The van der Waals surface area contributed by atoms with Crippen LogP contribution in [0.15, 0.2) is 58.3 Å². The van der Waals surface area contributed by atoms with Crippen molar-refractivity contribution in [1.82, 2.24) is 10.6 Å². The minimum absolute atomic E-state index is 0.225. The molecule has 1 unspecified atom stereocenters. The van der Waals surface area contributed by atoms with Crippen LogP contribution in [0.25, 0.3) is 0 Å². The van der Waals surface area contributed by atoms with Gasteiger partial charge in [0.2, 0.25) is 0 Å². The fourth-order valence-electron chi connectivity index (χ4n) is 3.81. The Labute approximate surface area is 173 Å². The summed E-state index contributed by atoms with van der Waals surface area (Å²) in [5.74, 6) is -0.291. The molecule has 0 bridgehead atoms. The van der Waals surface area contributed by atoms with Crippen LogP contribution >= 0.6 is 0 Å². The Hall–Kier alpha value is -3.13. The molecule has 1 aliphatic carbocycles. The van der Waals surface area contributed by atoms with Gasteiger partial charge in [0.15, 0.2) is 0 Å². The Morgan fingerprint density at radius 3 is 2.63 bits per heavy atom. The lowest BCUT2D eigenvalue weighted by Gasteiger charge is -2.29. The van der Waals surface area contributed by atoms with Gasteiger partial charge in [0.05, 0.1) is 30.2 Å². The number of amides is 2. The predicted octanol–water partition coefficient (Wildman–Crippen LogP) is 1.84. The van der Waals surface area contributed by atoms with Gasteiger partial charge in [-0.15, -0.1) is 0 Å². The minimum Gasteiger partial charge on any atom is -0.467 e. The van der Waals surface area contributed by atoms with Gasteiger partial charge >= 0.3 is 12.0 Å². The highest BCUT2D eigenvalue weighted by atomic mass is 19.1. The first-order chi connectivity index (χ1) is 14.5. The first kappa shape index (κ1) is 20.2. The summed E-state index contributed by atoms with van der Waals surface area (Å²) in [5.41, 5.74) is 1.88. The molecule has 1 aromatic heterocycles. The average Bonchev–Trinajstić information content (AvgIpc) is 3.42. The number of halogens is 1. The maximum Gasteiger partial charge on any atom is 0.338 e. The number of ether oxygens (including phenoxy) is 1. The molecule has 2 amide bonds. The van der Waals surface area contributed by atoms with Crippen molar-refractivity contribution < 1.29 is 28.0 Å². The summed E-state index contributed by atoms with van der Waals surface area (Å²) in [4.78, 5) is 26.4. The third-order valence-corrected chi connectivity index (χ3v) is 5.38. The molecule has 30 heavy (non-hydrogen) atoms. The average molecular weight is 414 g/mol. The van der Waals surface area contributed by atoms with Gasteiger partial charge in [-0.25, -0.2) is 14.0 Å². The molecule has 1 saturated carbocycles. The molecule has 158 valence electrons. The van der Waals surface area contributed by atoms with Gasteiger partial charge < -0.3 is 24.7 Å². The van der Waals surface area contributed by atoms with Crippen LogP contribution in [0.4, 0.5) is 9.18 Å². The number of nitrogens with one attached hydrogen (secondary N) is 3. The lowest BCUT2D eigenvalue weighted by Crippen LogP contribution is -3.12. The number of esters is 1. The van der Waals surface area contributed by atoms with E-state index in [1.807, 2.05) is 0 Å². The highest BCUT2D eigenvalue weighted by Crippen LogP contribution is 2.28. The monoisotopic (exact) mass is 414 g/mol. The molecule has 0 radical (unpaired) electrons. The van der Waals surface area contributed by atoms with Crippen LogP contribution in [0.1, 0.15) is 37.1 Å². The van der Waals surface area contributed by atoms with Gasteiger partial charge in [0.1, 0.15) is 30.7 Å². The molecule has 8 heteroatoms. The van der Waals surface area contributed by atoms with Crippen LogP contribution in [0.3, 0.4) is 0 Å². The number of hydrogen-bond donors (Lipinski definition) is 3. The Kier molecular flexibility index (Phi) is 5.85. The van der Waals surface area contributed by atoms with Crippen LogP contribution in [-0.2, 0) is 16.1 Å². The molecular weight excluding hydrogens is 389 g/mol. The SMILES string of the molecule is CCOC(=O)C1=C(C[NH+](Cc2ccc(F)cc2)C2CC2)NC(=O)N[C@@H]1c1ccco1. The molecular formula is C22H25FN3O4+. The number of quaternary nitrogens is 1. The molecule has 2 atom stereocenters. The summed E-state index contributed by atoms with van der Waals surface area (Å²) in [6, 6.07) is 9.19. The number of furan rings is 1. The second-order valence-corrected chi connectivity index (χ2v) is 7.57. The van der Waals surface area contributed by atoms with Gasteiger partial charge in [0.25, 0.3) is 0 Å². The van der Waals surface area contributed by atoms with Crippen molar-refractivity contribution in [3.63, 3.8) is 0 Å². The van der Waals surface area contributed by atoms with Crippen LogP contribution in [0, 0.1) is 5.82 Å². The normalized spacial score (nSPS) is 19.8. The van der Waals surface area contributed by atoms with Gasteiger partial charge in [-0.3, -0.25) is 0 Å². The minimum atomic E-state index is -0.714. The van der Waals surface area contributed by atoms with E-state index in [9.17, 15) is 14.0 Å². The van der Waals surface area contributed by atoms with Crippen molar-refractivity contribution in [2.75, 3.05) is 13.2 Å². The van der Waals surface area contributed by atoms with Crippen molar-refractivity contribution in [1.29, 1.82) is 0 Å². The molecule has 1 aromatic carbocycles. The Morgan fingerprint density at radius 2 is 2.00 bits per heavy atom. The second kappa shape index (κ2) is 8.71. The Balaban J connectivity index is 1.65. The number of carbonyl (C=O) groups excluding carboxylic acids is 2. The Morgan fingerprint density at radius 1 is 1.23 bits per heavy atom. The molecule has 1 fully saturated rings. The van der Waals surface area contributed by atoms with Crippen molar-refractivity contribution >= 4 is 12.0 Å². The molecule has 4 rings (SSSR count). The van der Waals surface area contributed by atoms with Crippen LogP contribution < -0.4 is 15.5 Å². The summed E-state index contributed by atoms with van der Waals surface area (Å²) >= 11 is 0. The van der Waals surface area contributed by atoms with Gasteiger partial charge in [0, 0.05) is 18.4 Å². The number of benzene rings is 1. The molecule has 0 saturated heterocycles. The van der Waals surface area contributed by atoms with Gasteiger partial charge in [-0.2, -0.15) is 0 Å². The fourth-order valence-corrected chi connectivity index (χ4v) is 3.81.